The smallest absolute Gasteiger partial charge is 0.323 e. The van der Waals surface area contributed by atoms with E-state index in [0.29, 0.717) is 0 Å². The van der Waals surface area contributed by atoms with E-state index in [1.807, 2.05) is 27.7 Å². The van der Waals surface area contributed by atoms with Crippen LogP contribution >= 0.6 is 0 Å². The van der Waals surface area contributed by atoms with Crippen LogP contribution in [0.4, 0.5) is 0 Å². The minimum Gasteiger partial charge on any atom is -0.480 e. The van der Waals surface area contributed by atoms with Gasteiger partial charge in [-0.05, 0) is 34.6 Å². The summed E-state index contributed by atoms with van der Waals surface area (Å²) in [5.41, 5.74) is 0. The van der Waals surface area contributed by atoms with Gasteiger partial charge in [0.2, 0.25) is 0 Å². The number of rotatable bonds is 5. The van der Waals surface area contributed by atoms with Crippen LogP contribution in [0, 0.1) is 0 Å². The third-order valence-corrected chi connectivity index (χ3v) is 2.22. The SMILES string of the molecule is CC(O)C(C(=O)O)N(C(C)C)C(C)C. The van der Waals surface area contributed by atoms with Gasteiger partial charge in [-0.1, -0.05) is 0 Å². The Morgan fingerprint density at radius 2 is 1.43 bits per heavy atom. The van der Waals surface area contributed by atoms with Gasteiger partial charge in [-0.15, -0.1) is 0 Å². The van der Waals surface area contributed by atoms with Crippen molar-refractivity contribution >= 4 is 5.97 Å². The lowest BCUT2D eigenvalue weighted by molar-refractivity contribution is -0.149. The highest BCUT2D eigenvalue weighted by molar-refractivity contribution is 5.74. The first-order valence-corrected chi connectivity index (χ1v) is 4.97. The molecule has 14 heavy (non-hydrogen) atoms. The minimum absolute atomic E-state index is 0.102. The quantitative estimate of drug-likeness (QED) is 0.698. The van der Waals surface area contributed by atoms with Gasteiger partial charge < -0.3 is 10.2 Å². The van der Waals surface area contributed by atoms with Crippen molar-refractivity contribution in [3.63, 3.8) is 0 Å². The Hall–Kier alpha value is -0.610. The van der Waals surface area contributed by atoms with E-state index in [4.69, 9.17) is 5.11 Å². The highest BCUT2D eigenvalue weighted by Crippen LogP contribution is 2.14. The molecule has 0 aromatic carbocycles. The molecule has 0 aliphatic carbocycles. The summed E-state index contributed by atoms with van der Waals surface area (Å²) in [6.45, 7) is 9.23. The van der Waals surface area contributed by atoms with Crippen LogP contribution in [0.25, 0.3) is 0 Å². The molecule has 0 spiro atoms. The Morgan fingerprint density at radius 3 is 1.50 bits per heavy atom. The fraction of sp³-hybridized carbons (Fsp3) is 0.900. The molecule has 0 radical (unpaired) electrons. The number of aliphatic hydroxyl groups excluding tert-OH is 1. The van der Waals surface area contributed by atoms with E-state index in [0.717, 1.165) is 0 Å². The van der Waals surface area contributed by atoms with Gasteiger partial charge in [0.25, 0.3) is 0 Å². The third-order valence-electron chi connectivity index (χ3n) is 2.22. The minimum atomic E-state index is -0.970. The first-order chi connectivity index (χ1) is 6.29. The fourth-order valence-electron chi connectivity index (χ4n) is 1.82. The van der Waals surface area contributed by atoms with Gasteiger partial charge in [0.1, 0.15) is 6.04 Å². The summed E-state index contributed by atoms with van der Waals surface area (Å²) in [4.78, 5) is 12.8. The predicted molar refractivity (Wildman–Crippen MR) is 55.2 cm³/mol. The summed E-state index contributed by atoms with van der Waals surface area (Å²) < 4.78 is 0. The van der Waals surface area contributed by atoms with Gasteiger partial charge in [-0.3, -0.25) is 9.69 Å². The number of carboxylic acid groups (broad SMARTS) is 1. The maximum Gasteiger partial charge on any atom is 0.323 e. The van der Waals surface area contributed by atoms with Crippen molar-refractivity contribution in [1.82, 2.24) is 4.90 Å². The van der Waals surface area contributed by atoms with Gasteiger partial charge in [-0.2, -0.15) is 0 Å². The van der Waals surface area contributed by atoms with Gasteiger partial charge in [-0.25, -0.2) is 0 Å². The molecule has 4 heteroatoms. The Morgan fingerprint density at radius 1 is 1.07 bits per heavy atom. The lowest BCUT2D eigenvalue weighted by Gasteiger charge is -2.37. The van der Waals surface area contributed by atoms with E-state index < -0.39 is 18.1 Å². The second-order valence-corrected chi connectivity index (χ2v) is 4.16. The molecule has 2 N–H and O–H groups in total. The summed E-state index contributed by atoms with van der Waals surface area (Å²) in [6, 6.07) is -0.619. The van der Waals surface area contributed by atoms with Crippen molar-refractivity contribution in [3.8, 4) is 0 Å². The molecule has 4 nitrogen and oxygen atoms in total. The molecule has 0 aliphatic rings. The lowest BCUT2D eigenvalue weighted by atomic mass is 10.1. The summed E-state index contributed by atoms with van der Waals surface area (Å²) >= 11 is 0. The van der Waals surface area contributed by atoms with Crippen LogP contribution in [0.3, 0.4) is 0 Å². The van der Waals surface area contributed by atoms with Crippen molar-refractivity contribution in [2.75, 3.05) is 0 Å². The fourth-order valence-corrected chi connectivity index (χ4v) is 1.82. The van der Waals surface area contributed by atoms with E-state index in [-0.39, 0.29) is 12.1 Å². The largest absolute Gasteiger partial charge is 0.480 e. The zero-order valence-electron chi connectivity index (χ0n) is 9.56. The van der Waals surface area contributed by atoms with E-state index in [2.05, 4.69) is 0 Å². The number of aliphatic carboxylic acids is 1. The molecule has 2 atom stereocenters. The van der Waals surface area contributed by atoms with Crippen LogP contribution in [0.1, 0.15) is 34.6 Å². The Balaban J connectivity index is 4.83. The Kier molecular flexibility index (Phi) is 5.08. The van der Waals surface area contributed by atoms with Crippen LogP contribution in [-0.4, -0.2) is 45.3 Å². The summed E-state index contributed by atoms with van der Waals surface area (Å²) in [7, 11) is 0. The molecular weight excluding hydrogens is 182 g/mol. The van der Waals surface area contributed by atoms with Crippen molar-refractivity contribution in [2.24, 2.45) is 0 Å². The van der Waals surface area contributed by atoms with Crippen molar-refractivity contribution < 1.29 is 15.0 Å². The van der Waals surface area contributed by atoms with Crippen LogP contribution in [-0.2, 0) is 4.79 Å². The molecule has 84 valence electrons. The summed E-state index contributed by atoms with van der Waals surface area (Å²) in [5, 5.41) is 18.4. The molecule has 0 rings (SSSR count). The number of hydrogen-bond donors (Lipinski definition) is 2. The predicted octanol–water partition coefficient (Wildman–Crippen LogP) is 0.939. The van der Waals surface area contributed by atoms with E-state index >= 15 is 0 Å². The maximum absolute atomic E-state index is 11.0. The Bertz CT molecular complexity index is 182. The van der Waals surface area contributed by atoms with Crippen molar-refractivity contribution in [1.29, 1.82) is 0 Å². The topological polar surface area (TPSA) is 60.8 Å². The standard InChI is InChI=1S/C10H21NO3/c1-6(2)11(7(3)4)9(8(5)12)10(13)14/h6-9,12H,1-5H3,(H,13,14). The number of nitrogens with zero attached hydrogens (tertiary/aromatic N) is 1. The van der Waals surface area contributed by atoms with Gasteiger partial charge >= 0.3 is 5.97 Å². The van der Waals surface area contributed by atoms with Gasteiger partial charge in [0, 0.05) is 12.1 Å². The van der Waals surface area contributed by atoms with Crippen LogP contribution in [0.15, 0.2) is 0 Å². The lowest BCUT2D eigenvalue weighted by Crippen LogP contribution is -2.53. The highest BCUT2D eigenvalue weighted by Gasteiger charge is 2.33. The zero-order valence-corrected chi connectivity index (χ0v) is 9.56. The molecule has 0 saturated carbocycles. The molecule has 2 unspecified atom stereocenters. The average Bonchev–Trinajstić information content (AvgIpc) is 1.96. The maximum atomic E-state index is 11.0. The summed E-state index contributed by atoms with van der Waals surface area (Å²) in [5.74, 6) is -0.970. The molecule has 0 bridgehead atoms. The summed E-state index contributed by atoms with van der Waals surface area (Å²) in [6.07, 6.45) is -0.864. The molecule has 0 aromatic heterocycles. The number of carbonyl (C=O) groups is 1. The number of hydrogen-bond acceptors (Lipinski definition) is 3. The molecule has 0 heterocycles. The molecule has 0 aromatic rings. The van der Waals surface area contributed by atoms with Crippen LogP contribution < -0.4 is 0 Å². The van der Waals surface area contributed by atoms with Gasteiger partial charge in [0.05, 0.1) is 6.10 Å². The van der Waals surface area contributed by atoms with Crippen molar-refractivity contribution in [3.05, 3.63) is 0 Å². The second-order valence-electron chi connectivity index (χ2n) is 4.16. The van der Waals surface area contributed by atoms with E-state index in [1.54, 1.807) is 4.90 Å². The first-order valence-electron chi connectivity index (χ1n) is 4.97. The molecule has 0 aliphatic heterocycles. The number of aliphatic hydroxyl groups is 1. The normalized spacial score (nSPS) is 16.4. The Labute approximate surface area is 85.5 Å². The third kappa shape index (κ3) is 3.27. The molecular formula is C10H21NO3. The zero-order chi connectivity index (χ0) is 11.5. The highest BCUT2D eigenvalue weighted by atomic mass is 16.4. The van der Waals surface area contributed by atoms with E-state index in [9.17, 15) is 9.90 Å². The second kappa shape index (κ2) is 5.32. The first kappa shape index (κ1) is 13.4. The van der Waals surface area contributed by atoms with E-state index in [1.165, 1.54) is 6.92 Å². The monoisotopic (exact) mass is 203 g/mol. The van der Waals surface area contributed by atoms with Crippen LogP contribution in [0.5, 0.6) is 0 Å². The molecule has 0 saturated heterocycles. The molecule has 0 fully saturated rings. The van der Waals surface area contributed by atoms with Gasteiger partial charge in [0.15, 0.2) is 0 Å². The number of carboxylic acids is 1. The average molecular weight is 203 g/mol. The van der Waals surface area contributed by atoms with Crippen molar-refractivity contribution in [2.45, 2.75) is 58.8 Å². The molecule has 0 amide bonds. The van der Waals surface area contributed by atoms with Crippen LogP contribution in [0.2, 0.25) is 0 Å².